The van der Waals surface area contributed by atoms with E-state index in [1.807, 2.05) is 0 Å². The Kier molecular flexibility index (Phi) is 3.74. The van der Waals surface area contributed by atoms with E-state index >= 15 is 0 Å². The van der Waals surface area contributed by atoms with Crippen molar-refractivity contribution in [2.45, 2.75) is 6.10 Å². The second kappa shape index (κ2) is 5.46. The Morgan fingerprint density at radius 2 is 1.78 bits per heavy atom. The predicted octanol–water partition coefficient (Wildman–Crippen LogP) is 1.58. The SMILES string of the molecule is COc1cccc(OC)c1C(O)c1cnccn1. The third-order valence-corrected chi connectivity index (χ3v) is 2.60. The molecule has 1 aromatic heterocycles. The number of nitrogens with zero attached hydrogens (tertiary/aromatic N) is 2. The molecule has 0 radical (unpaired) electrons. The zero-order valence-corrected chi connectivity index (χ0v) is 10.2. The smallest absolute Gasteiger partial charge is 0.130 e. The molecule has 0 saturated carbocycles. The molecule has 0 fully saturated rings. The molecule has 0 bridgehead atoms. The van der Waals surface area contributed by atoms with Crippen LogP contribution in [0.2, 0.25) is 0 Å². The van der Waals surface area contributed by atoms with E-state index in [2.05, 4.69) is 9.97 Å². The normalized spacial score (nSPS) is 11.9. The summed E-state index contributed by atoms with van der Waals surface area (Å²) in [5.41, 5.74) is 0.989. The maximum absolute atomic E-state index is 10.4. The van der Waals surface area contributed by atoms with Gasteiger partial charge in [-0.15, -0.1) is 0 Å². The van der Waals surface area contributed by atoms with E-state index in [1.165, 1.54) is 12.4 Å². The Hall–Kier alpha value is -2.14. The van der Waals surface area contributed by atoms with Crippen LogP contribution in [-0.2, 0) is 0 Å². The first-order valence-corrected chi connectivity index (χ1v) is 5.42. The zero-order valence-electron chi connectivity index (χ0n) is 10.2. The highest BCUT2D eigenvalue weighted by Gasteiger charge is 2.21. The second-order valence-electron chi connectivity index (χ2n) is 3.61. The average Bonchev–Trinajstić information content (AvgIpc) is 2.46. The van der Waals surface area contributed by atoms with E-state index in [4.69, 9.17) is 9.47 Å². The third kappa shape index (κ3) is 2.26. The van der Waals surface area contributed by atoms with Crippen molar-refractivity contribution < 1.29 is 14.6 Å². The molecule has 2 aromatic rings. The first kappa shape index (κ1) is 12.3. The highest BCUT2D eigenvalue weighted by Crippen LogP contribution is 2.36. The molecule has 0 saturated heterocycles. The van der Waals surface area contributed by atoms with E-state index in [9.17, 15) is 5.11 Å². The van der Waals surface area contributed by atoms with Gasteiger partial charge < -0.3 is 14.6 Å². The Morgan fingerprint density at radius 1 is 1.11 bits per heavy atom. The van der Waals surface area contributed by atoms with Gasteiger partial charge in [-0.1, -0.05) is 6.07 Å². The third-order valence-electron chi connectivity index (χ3n) is 2.60. The molecule has 1 unspecified atom stereocenters. The largest absolute Gasteiger partial charge is 0.496 e. The lowest BCUT2D eigenvalue weighted by atomic mass is 10.0. The number of hydrogen-bond acceptors (Lipinski definition) is 5. The van der Waals surface area contributed by atoms with Crippen LogP contribution in [-0.4, -0.2) is 29.3 Å². The van der Waals surface area contributed by atoms with Crippen LogP contribution < -0.4 is 9.47 Å². The minimum Gasteiger partial charge on any atom is -0.496 e. The van der Waals surface area contributed by atoms with Gasteiger partial charge >= 0.3 is 0 Å². The van der Waals surface area contributed by atoms with Crippen LogP contribution in [0.15, 0.2) is 36.8 Å². The number of aromatic nitrogens is 2. The van der Waals surface area contributed by atoms with Crippen molar-refractivity contribution in [1.82, 2.24) is 9.97 Å². The molecule has 5 heteroatoms. The molecule has 1 heterocycles. The average molecular weight is 246 g/mol. The first-order chi connectivity index (χ1) is 8.77. The fourth-order valence-corrected chi connectivity index (χ4v) is 1.75. The maximum atomic E-state index is 10.4. The molecule has 0 amide bonds. The number of aliphatic hydroxyl groups is 1. The van der Waals surface area contributed by atoms with Crippen molar-refractivity contribution in [1.29, 1.82) is 0 Å². The molecule has 0 aliphatic carbocycles. The summed E-state index contributed by atoms with van der Waals surface area (Å²) in [5.74, 6) is 1.10. The maximum Gasteiger partial charge on any atom is 0.130 e. The summed E-state index contributed by atoms with van der Waals surface area (Å²) in [5, 5.41) is 10.4. The fraction of sp³-hybridized carbons (Fsp3) is 0.231. The quantitative estimate of drug-likeness (QED) is 0.887. The van der Waals surface area contributed by atoms with Gasteiger partial charge in [-0.25, -0.2) is 0 Å². The zero-order chi connectivity index (χ0) is 13.0. The monoisotopic (exact) mass is 246 g/mol. The number of ether oxygens (including phenoxy) is 2. The van der Waals surface area contributed by atoms with Crippen molar-refractivity contribution in [3.8, 4) is 11.5 Å². The van der Waals surface area contributed by atoms with Gasteiger partial charge in [0.15, 0.2) is 0 Å². The molecule has 5 nitrogen and oxygen atoms in total. The van der Waals surface area contributed by atoms with Gasteiger partial charge in [-0.2, -0.15) is 0 Å². The molecule has 1 N–H and O–H groups in total. The van der Waals surface area contributed by atoms with Crippen LogP contribution in [0.5, 0.6) is 11.5 Å². The number of hydrogen-bond donors (Lipinski definition) is 1. The number of methoxy groups -OCH3 is 2. The van der Waals surface area contributed by atoms with Gasteiger partial charge in [0.1, 0.15) is 17.6 Å². The lowest BCUT2D eigenvalue weighted by Gasteiger charge is -2.17. The minimum atomic E-state index is -0.940. The van der Waals surface area contributed by atoms with E-state index in [1.54, 1.807) is 38.6 Å². The van der Waals surface area contributed by atoms with Crippen molar-refractivity contribution in [3.63, 3.8) is 0 Å². The summed E-state index contributed by atoms with van der Waals surface area (Å²) in [6.45, 7) is 0. The van der Waals surface area contributed by atoms with Crippen molar-refractivity contribution in [2.24, 2.45) is 0 Å². The lowest BCUT2D eigenvalue weighted by Crippen LogP contribution is -2.06. The number of benzene rings is 1. The van der Waals surface area contributed by atoms with Crippen LogP contribution in [0, 0.1) is 0 Å². The van der Waals surface area contributed by atoms with Crippen molar-refractivity contribution in [2.75, 3.05) is 14.2 Å². The van der Waals surface area contributed by atoms with E-state index < -0.39 is 6.10 Å². The molecule has 0 spiro atoms. The molecule has 1 aromatic carbocycles. The Labute approximate surface area is 105 Å². The summed E-state index contributed by atoms with van der Waals surface area (Å²) in [6, 6.07) is 5.32. The topological polar surface area (TPSA) is 64.5 Å². The summed E-state index contributed by atoms with van der Waals surface area (Å²) in [6.07, 6.45) is 3.65. The highest BCUT2D eigenvalue weighted by atomic mass is 16.5. The van der Waals surface area contributed by atoms with Gasteiger partial charge in [0.05, 0.1) is 31.7 Å². The van der Waals surface area contributed by atoms with Crippen LogP contribution >= 0.6 is 0 Å². The number of rotatable bonds is 4. The summed E-state index contributed by atoms with van der Waals surface area (Å²) in [4.78, 5) is 8.02. The second-order valence-corrected chi connectivity index (χ2v) is 3.61. The first-order valence-electron chi connectivity index (χ1n) is 5.42. The highest BCUT2D eigenvalue weighted by molar-refractivity contribution is 5.48. The van der Waals surface area contributed by atoms with Gasteiger partial charge in [0.25, 0.3) is 0 Å². The molecule has 1 atom stereocenters. The van der Waals surface area contributed by atoms with Gasteiger partial charge in [0, 0.05) is 12.4 Å². The summed E-state index contributed by atoms with van der Waals surface area (Å²) in [7, 11) is 3.09. The van der Waals surface area contributed by atoms with Gasteiger partial charge in [0.2, 0.25) is 0 Å². The molecule has 2 rings (SSSR count). The molecule has 94 valence electrons. The Bertz CT molecular complexity index is 495. The summed E-state index contributed by atoms with van der Waals surface area (Å²) >= 11 is 0. The molecule has 0 aliphatic rings. The molecule has 18 heavy (non-hydrogen) atoms. The fourth-order valence-electron chi connectivity index (χ4n) is 1.75. The van der Waals surface area contributed by atoms with E-state index in [0.29, 0.717) is 22.8 Å². The molecular weight excluding hydrogens is 232 g/mol. The minimum absolute atomic E-state index is 0.445. The van der Waals surface area contributed by atoms with E-state index in [0.717, 1.165) is 0 Å². The van der Waals surface area contributed by atoms with Gasteiger partial charge in [-0.3, -0.25) is 9.97 Å². The Balaban J connectivity index is 2.49. The van der Waals surface area contributed by atoms with Crippen LogP contribution in [0.3, 0.4) is 0 Å². The van der Waals surface area contributed by atoms with Crippen LogP contribution in [0.25, 0.3) is 0 Å². The van der Waals surface area contributed by atoms with E-state index in [-0.39, 0.29) is 0 Å². The number of aliphatic hydroxyl groups excluding tert-OH is 1. The Morgan fingerprint density at radius 3 is 2.28 bits per heavy atom. The molecular formula is C13H14N2O3. The lowest BCUT2D eigenvalue weighted by molar-refractivity contribution is 0.203. The summed E-state index contributed by atoms with van der Waals surface area (Å²) < 4.78 is 10.5. The predicted molar refractivity (Wildman–Crippen MR) is 65.6 cm³/mol. The molecule has 0 aliphatic heterocycles. The standard InChI is InChI=1S/C13H14N2O3/c1-17-10-4-3-5-11(18-2)12(10)13(16)9-8-14-6-7-15-9/h3-8,13,16H,1-2H3. The van der Waals surface area contributed by atoms with Crippen molar-refractivity contribution >= 4 is 0 Å². The van der Waals surface area contributed by atoms with Crippen LogP contribution in [0.1, 0.15) is 17.4 Å². The van der Waals surface area contributed by atoms with Crippen LogP contribution in [0.4, 0.5) is 0 Å². The van der Waals surface area contributed by atoms with Gasteiger partial charge in [-0.05, 0) is 12.1 Å². The van der Waals surface area contributed by atoms with Crippen molar-refractivity contribution in [3.05, 3.63) is 48.0 Å².